The molecule has 1 nitrogen and oxygen atoms in total. The zero-order chi connectivity index (χ0) is 23.4. The first-order valence-corrected chi connectivity index (χ1v) is 11.2. The molecule has 3 aromatic carbocycles. The highest BCUT2D eigenvalue weighted by Crippen LogP contribution is 2.40. The fourth-order valence-corrected chi connectivity index (χ4v) is 4.16. The summed E-state index contributed by atoms with van der Waals surface area (Å²) in [6.07, 6.45) is 2.57. The van der Waals surface area contributed by atoms with Gasteiger partial charge in [-0.3, -0.25) is 4.98 Å². The maximum atomic E-state index is 13.9. The molecule has 0 N–H and O–H groups in total. The van der Waals surface area contributed by atoms with Gasteiger partial charge >= 0.3 is 6.18 Å². The van der Waals surface area contributed by atoms with Crippen LogP contribution < -0.4 is 0 Å². The van der Waals surface area contributed by atoms with Crippen LogP contribution >= 0.6 is 0 Å². The summed E-state index contributed by atoms with van der Waals surface area (Å²) in [5, 5.41) is 1.33. The first-order valence-electron chi connectivity index (χ1n) is 11.2. The second kappa shape index (κ2) is 9.74. The average Bonchev–Trinajstić information content (AvgIpc) is 2.81. The van der Waals surface area contributed by atoms with Crippen molar-refractivity contribution >= 4 is 10.8 Å². The number of fused-ring (bicyclic) bond motifs is 1. The van der Waals surface area contributed by atoms with E-state index in [4.69, 9.17) is 0 Å². The Hall–Kier alpha value is -3.21. The lowest BCUT2D eigenvalue weighted by atomic mass is 9.93. The average molecular weight is 452 g/mol. The van der Waals surface area contributed by atoms with Crippen LogP contribution in [0.5, 0.6) is 0 Å². The third-order valence-electron chi connectivity index (χ3n) is 5.91. The fourth-order valence-electron chi connectivity index (χ4n) is 4.16. The van der Waals surface area contributed by atoms with Crippen LogP contribution in [0.3, 0.4) is 0 Å². The summed E-state index contributed by atoms with van der Waals surface area (Å²) in [6.45, 7) is 2.16. The molecule has 0 bridgehead atoms. The Morgan fingerprint density at radius 1 is 0.788 bits per heavy atom. The molecule has 4 rings (SSSR count). The minimum absolute atomic E-state index is 0.0905. The van der Waals surface area contributed by atoms with E-state index in [1.165, 1.54) is 30.7 Å². The van der Waals surface area contributed by atoms with Crippen molar-refractivity contribution in [2.75, 3.05) is 0 Å². The quantitative estimate of drug-likeness (QED) is 0.202. The van der Waals surface area contributed by atoms with Crippen LogP contribution in [0.2, 0.25) is 0 Å². The lowest BCUT2D eigenvalue weighted by Gasteiger charge is -2.16. The van der Waals surface area contributed by atoms with Crippen LogP contribution in [0.4, 0.5) is 17.6 Å². The largest absolute Gasteiger partial charge is 0.417 e. The Balaban J connectivity index is 1.75. The molecule has 0 radical (unpaired) electrons. The predicted molar refractivity (Wildman–Crippen MR) is 125 cm³/mol. The van der Waals surface area contributed by atoms with Crippen LogP contribution in [0.1, 0.15) is 43.7 Å². The molecule has 33 heavy (non-hydrogen) atoms. The Morgan fingerprint density at radius 2 is 1.55 bits per heavy atom. The molecule has 1 heterocycles. The van der Waals surface area contributed by atoms with Crippen molar-refractivity contribution < 1.29 is 17.6 Å². The molecule has 0 fully saturated rings. The monoisotopic (exact) mass is 451 g/mol. The fraction of sp³-hybridized carbons (Fsp3) is 0.250. The van der Waals surface area contributed by atoms with Crippen molar-refractivity contribution in [3.8, 4) is 22.4 Å². The summed E-state index contributed by atoms with van der Waals surface area (Å²) < 4.78 is 55.4. The Morgan fingerprint density at radius 3 is 2.27 bits per heavy atom. The first kappa shape index (κ1) is 23.0. The third kappa shape index (κ3) is 5.24. The molecule has 0 unspecified atom stereocenters. The van der Waals surface area contributed by atoms with Gasteiger partial charge in [0.25, 0.3) is 0 Å². The van der Waals surface area contributed by atoms with E-state index in [-0.39, 0.29) is 5.56 Å². The number of hydrogen-bond acceptors (Lipinski definition) is 1. The van der Waals surface area contributed by atoms with E-state index < -0.39 is 17.6 Å². The van der Waals surface area contributed by atoms with E-state index >= 15 is 0 Å². The number of pyridine rings is 1. The van der Waals surface area contributed by atoms with Crippen molar-refractivity contribution in [1.82, 2.24) is 4.98 Å². The van der Waals surface area contributed by atoms with Crippen molar-refractivity contribution in [3.05, 3.63) is 89.9 Å². The molecule has 0 spiro atoms. The van der Waals surface area contributed by atoms with E-state index in [2.05, 4.69) is 11.9 Å². The van der Waals surface area contributed by atoms with Gasteiger partial charge in [0.2, 0.25) is 0 Å². The summed E-state index contributed by atoms with van der Waals surface area (Å²) in [6, 6.07) is 17.4. The zero-order valence-electron chi connectivity index (χ0n) is 18.4. The molecule has 0 aliphatic heterocycles. The van der Waals surface area contributed by atoms with Crippen molar-refractivity contribution in [2.24, 2.45) is 0 Å². The molecule has 0 atom stereocenters. The summed E-state index contributed by atoms with van der Waals surface area (Å²) in [5.74, 6) is -0.418. The van der Waals surface area contributed by atoms with E-state index in [1.54, 1.807) is 30.5 Å². The molecular formula is C28H25F4N. The number of unbranched alkanes of at least 4 members (excludes halogenated alkanes) is 3. The Labute approximate surface area is 191 Å². The minimum atomic E-state index is -4.50. The highest BCUT2D eigenvalue weighted by Gasteiger charge is 2.34. The lowest BCUT2D eigenvalue weighted by Crippen LogP contribution is -2.07. The standard InChI is InChI=1S/C28H25F4N/c1-2-3-4-5-6-19-7-9-20(10-8-19)24-17-22(12-14-26(24)28(30,31)32)27-25-18-23(29)13-11-21(25)15-16-33-27/h7-18H,2-6H2,1H3. The van der Waals surface area contributed by atoms with Gasteiger partial charge in [-0.15, -0.1) is 0 Å². The van der Waals surface area contributed by atoms with E-state index in [1.807, 2.05) is 12.1 Å². The number of nitrogens with zero attached hydrogens (tertiary/aromatic N) is 1. The second-order valence-electron chi connectivity index (χ2n) is 8.29. The van der Waals surface area contributed by atoms with Crippen LogP contribution in [0, 0.1) is 5.82 Å². The number of benzene rings is 3. The number of rotatable bonds is 7. The number of hydrogen-bond donors (Lipinski definition) is 0. The normalized spacial score (nSPS) is 11.8. The second-order valence-corrected chi connectivity index (χ2v) is 8.29. The molecule has 0 amide bonds. The molecule has 4 aromatic rings. The van der Waals surface area contributed by atoms with E-state index in [0.29, 0.717) is 22.2 Å². The van der Waals surface area contributed by atoms with Gasteiger partial charge < -0.3 is 0 Å². The number of alkyl halides is 3. The SMILES string of the molecule is CCCCCCc1ccc(-c2cc(-c3nccc4ccc(F)cc34)ccc2C(F)(F)F)cc1. The molecule has 5 heteroatoms. The van der Waals surface area contributed by atoms with Crippen LogP contribution in [0.25, 0.3) is 33.2 Å². The highest BCUT2D eigenvalue weighted by atomic mass is 19.4. The maximum absolute atomic E-state index is 13.9. The number of aryl methyl sites for hydroxylation is 1. The van der Waals surface area contributed by atoms with Crippen molar-refractivity contribution in [1.29, 1.82) is 0 Å². The first-order chi connectivity index (χ1) is 15.9. The summed E-state index contributed by atoms with van der Waals surface area (Å²) in [7, 11) is 0. The minimum Gasteiger partial charge on any atom is -0.256 e. The highest BCUT2D eigenvalue weighted by molar-refractivity contribution is 5.95. The van der Waals surface area contributed by atoms with Crippen LogP contribution in [-0.4, -0.2) is 4.98 Å². The molecular weight excluding hydrogens is 426 g/mol. The molecule has 0 saturated carbocycles. The Kier molecular flexibility index (Phi) is 6.77. The van der Waals surface area contributed by atoms with E-state index in [0.717, 1.165) is 42.7 Å². The zero-order valence-corrected chi connectivity index (χ0v) is 18.4. The third-order valence-corrected chi connectivity index (χ3v) is 5.91. The predicted octanol–water partition coefficient (Wildman–Crippen LogP) is 8.85. The maximum Gasteiger partial charge on any atom is 0.417 e. The van der Waals surface area contributed by atoms with Gasteiger partial charge in [0, 0.05) is 17.1 Å². The van der Waals surface area contributed by atoms with Gasteiger partial charge in [-0.1, -0.05) is 62.6 Å². The van der Waals surface area contributed by atoms with Gasteiger partial charge in [0.05, 0.1) is 11.3 Å². The summed E-state index contributed by atoms with van der Waals surface area (Å²) in [4.78, 5) is 4.36. The lowest BCUT2D eigenvalue weighted by molar-refractivity contribution is -0.137. The van der Waals surface area contributed by atoms with Gasteiger partial charge in [-0.2, -0.15) is 13.2 Å². The van der Waals surface area contributed by atoms with Gasteiger partial charge in [0.15, 0.2) is 0 Å². The molecule has 1 aromatic heterocycles. The van der Waals surface area contributed by atoms with Crippen molar-refractivity contribution in [3.63, 3.8) is 0 Å². The van der Waals surface area contributed by atoms with Crippen LogP contribution in [-0.2, 0) is 12.6 Å². The summed E-state index contributed by atoms with van der Waals surface area (Å²) >= 11 is 0. The topological polar surface area (TPSA) is 12.9 Å². The molecule has 0 aliphatic rings. The summed E-state index contributed by atoms with van der Waals surface area (Å²) in [5.41, 5.74) is 1.96. The molecule has 0 aliphatic carbocycles. The smallest absolute Gasteiger partial charge is 0.256 e. The van der Waals surface area contributed by atoms with Gasteiger partial charge in [-0.05, 0) is 65.3 Å². The van der Waals surface area contributed by atoms with E-state index in [9.17, 15) is 17.6 Å². The number of halogens is 4. The van der Waals surface area contributed by atoms with Gasteiger partial charge in [0.1, 0.15) is 5.82 Å². The number of aromatic nitrogens is 1. The van der Waals surface area contributed by atoms with Crippen LogP contribution in [0.15, 0.2) is 72.9 Å². The molecule has 0 saturated heterocycles. The van der Waals surface area contributed by atoms with Crippen molar-refractivity contribution in [2.45, 2.75) is 45.2 Å². The molecule has 170 valence electrons. The Bertz CT molecular complexity index is 1240. The van der Waals surface area contributed by atoms with Gasteiger partial charge in [-0.25, -0.2) is 4.39 Å².